The molecule has 8 heteroatoms. The molecule has 0 bridgehead atoms. The standard InChI is InChI=1S/C18H24F3NO4/c1-17(2,3)26-16(23)22-10-4-5-13(11-22)12-24-14-6-8-15(9-7-14)25-18(19,20)21/h6-9,13H,4-5,10-12H2,1-3H3/t13-/m1/s1. The van der Waals surface area contributed by atoms with Gasteiger partial charge in [0, 0.05) is 19.0 Å². The molecule has 1 amide bonds. The molecule has 1 aliphatic rings. The van der Waals surface area contributed by atoms with E-state index in [1.54, 1.807) is 4.90 Å². The van der Waals surface area contributed by atoms with Gasteiger partial charge in [-0.3, -0.25) is 0 Å². The fraction of sp³-hybridized carbons (Fsp3) is 0.611. The van der Waals surface area contributed by atoms with Crippen LogP contribution in [-0.4, -0.2) is 42.7 Å². The topological polar surface area (TPSA) is 48.0 Å². The smallest absolute Gasteiger partial charge is 0.493 e. The molecule has 1 aliphatic heterocycles. The number of nitrogens with zero attached hydrogens (tertiary/aromatic N) is 1. The average molecular weight is 375 g/mol. The van der Waals surface area contributed by atoms with Crippen LogP contribution in [0.15, 0.2) is 24.3 Å². The minimum Gasteiger partial charge on any atom is -0.493 e. The lowest BCUT2D eigenvalue weighted by Gasteiger charge is -2.34. The van der Waals surface area contributed by atoms with Gasteiger partial charge in [-0.05, 0) is 57.9 Å². The van der Waals surface area contributed by atoms with E-state index < -0.39 is 12.0 Å². The van der Waals surface area contributed by atoms with Gasteiger partial charge in [-0.15, -0.1) is 13.2 Å². The molecule has 0 N–H and O–H groups in total. The molecule has 0 spiro atoms. The average Bonchev–Trinajstić information content (AvgIpc) is 2.51. The van der Waals surface area contributed by atoms with Gasteiger partial charge in [-0.1, -0.05) is 0 Å². The van der Waals surface area contributed by atoms with Crippen molar-refractivity contribution in [3.8, 4) is 11.5 Å². The van der Waals surface area contributed by atoms with Gasteiger partial charge in [0.15, 0.2) is 0 Å². The summed E-state index contributed by atoms with van der Waals surface area (Å²) < 4.78 is 51.3. The van der Waals surface area contributed by atoms with E-state index in [9.17, 15) is 18.0 Å². The molecule has 1 saturated heterocycles. The first-order valence-electron chi connectivity index (χ1n) is 8.48. The maximum absolute atomic E-state index is 12.1. The van der Waals surface area contributed by atoms with Crippen LogP contribution >= 0.6 is 0 Å². The number of alkyl halides is 3. The first-order chi connectivity index (χ1) is 12.0. The van der Waals surface area contributed by atoms with Crippen LogP contribution in [0.25, 0.3) is 0 Å². The Morgan fingerprint density at radius 1 is 1.15 bits per heavy atom. The highest BCUT2D eigenvalue weighted by Gasteiger charge is 2.31. The summed E-state index contributed by atoms with van der Waals surface area (Å²) in [5, 5.41) is 0. The van der Waals surface area contributed by atoms with Crippen LogP contribution in [0.4, 0.5) is 18.0 Å². The summed E-state index contributed by atoms with van der Waals surface area (Å²) in [6.07, 6.45) is -3.29. The summed E-state index contributed by atoms with van der Waals surface area (Å²) in [7, 11) is 0. The highest BCUT2D eigenvalue weighted by molar-refractivity contribution is 5.68. The maximum atomic E-state index is 12.1. The molecule has 0 aliphatic carbocycles. The zero-order chi connectivity index (χ0) is 19.4. The van der Waals surface area contributed by atoms with E-state index >= 15 is 0 Å². The molecule has 0 radical (unpaired) electrons. The van der Waals surface area contributed by atoms with E-state index in [2.05, 4.69) is 4.74 Å². The fourth-order valence-electron chi connectivity index (χ4n) is 2.65. The number of benzene rings is 1. The van der Waals surface area contributed by atoms with E-state index in [1.165, 1.54) is 24.3 Å². The van der Waals surface area contributed by atoms with Gasteiger partial charge in [0.2, 0.25) is 0 Å². The first-order valence-corrected chi connectivity index (χ1v) is 8.48. The molecular formula is C18H24F3NO4. The number of hydrogen-bond donors (Lipinski definition) is 0. The van der Waals surface area contributed by atoms with E-state index in [4.69, 9.17) is 9.47 Å². The van der Waals surface area contributed by atoms with Gasteiger partial charge in [-0.2, -0.15) is 0 Å². The highest BCUT2D eigenvalue weighted by atomic mass is 19.4. The lowest BCUT2D eigenvalue weighted by atomic mass is 9.99. The van der Waals surface area contributed by atoms with Gasteiger partial charge in [-0.25, -0.2) is 4.79 Å². The van der Waals surface area contributed by atoms with Crippen molar-refractivity contribution in [2.45, 2.75) is 45.6 Å². The first kappa shape index (κ1) is 20.2. The minimum atomic E-state index is -4.71. The Morgan fingerprint density at radius 2 is 1.77 bits per heavy atom. The number of likely N-dealkylation sites (tertiary alicyclic amines) is 1. The van der Waals surface area contributed by atoms with Crippen molar-refractivity contribution < 1.29 is 32.2 Å². The molecule has 1 fully saturated rings. The molecule has 26 heavy (non-hydrogen) atoms. The number of amides is 1. The second-order valence-electron chi connectivity index (χ2n) is 7.26. The Morgan fingerprint density at radius 3 is 2.35 bits per heavy atom. The van der Waals surface area contributed by atoms with Crippen LogP contribution in [0.5, 0.6) is 11.5 Å². The van der Waals surface area contributed by atoms with Crippen LogP contribution in [0, 0.1) is 5.92 Å². The molecule has 0 aromatic heterocycles. The number of rotatable bonds is 4. The van der Waals surface area contributed by atoms with Crippen molar-refractivity contribution in [3.05, 3.63) is 24.3 Å². The van der Waals surface area contributed by atoms with Gasteiger partial charge in [0.25, 0.3) is 0 Å². The fourth-order valence-corrected chi connectivity index (χ4v) is 2.65. The summed E-state index contributed by atoms with van der Waals surface area (Å²) in [4.78, 5) is 13.8. The maximum Gasteiger partial charge on any atom is 0.573 e. The molecule has 1 atom stereocenters. The number of hydrogen-bond acceptors (Lipinski definition) is 4. The van der Waals surface area contributed by atoms with Crippen molar-refractivity contribution in [3.63, 3.8) is 0 Å². The van der Waals surface area contributed by atoms with Crippen molar-refractivity contribution >= 4 is 6.09 Å². The van der Waals surface area contributed by atoms with Crippen LogP contribution in [0.2, 0.25) is 0 Å². The Hall–Kier alpha value is -2.12. The Balaban J connectivity index is 1.82. The van der Waals surface area contributed by atoms with Crippen molar-refractivity contribution in [1.82, 2.24) is 4.90 Å². The quantitative estimate of drug-likeness (QED) is 0.771. The van der Waals surface area contributed by atoms with Gasteiger partial charge >= 0.3 is 12.5 Å². The third-order valence-corrected chi connectivity index (χ3v) is 3.71. The predicted molar refractivity (Wildman–Crippen MR) is 89.2 cm³/mol. The molecular weight excluding hydrogens is 351 g/mol. The zero-order valence-corrected chi connectivity index (χ0v) is 15.1. The van der Waals surface area contributed by atoms with Gasteiger partial charge < -0.3 is 19.1 Å². The third kappa shape index (κ3) is 7.01. The summed E-state index contributed by atoms with van der Waals surface area (Å²) in [6, 6.07) is 5.26. The van der Waals surface area contributed by atoms with Gasteiger partial charge in [0.05, 0.1) is 6.61 Å². The summed E-state index contributed by atoms with van der Waals surface area (Å²) in [5.41, 5.74) is -0.541. The molecule has 0 saturated carbocycles. The lowest BCUT2D eigenvalue weighted by molar-refractivity contribution is -0.274. The number of carbonyl (C=O) groups is 1. The minimum absolute atomic E-state index is 0.141. The van der Waals surface area contributed by atoms with Crippen molar-refractivity contribution in [2.75, 3.05) is 19.7 Å². The Bertz CT molecular complexity index is 596. The molecule has 2 rings (SSSR count). The van der Waals surface area contributed by atoms with Crippen LogP contribution in [0.3, 0.4) is 0 Å². The Labute approximate surface area is 151 Å². The lowest BCUT2D eigenvalue weighted by Crippen LogP contribution is -2.44. The van der Waals surface area contributed by atoms with E-state index in [0.29, 0.717) is 25.4 Å². The van der Waals surface area contributed by atoms with Crippen molar-refractivity contribution in [1.29, 1.82) is 0 Å². The second kappa shape index (κ2) is 8.05. The largest absolute Gasteiger partial charge is 0.573 e. The highest BCUT2D eigenvalue weighted by Crippen LogP contribution is 2.26. The molecule has 5 nitrogen and oxygen atoms in total. The van der Waals surface area contributed by atoms with E-state index in [1.807, 2.05) is 20.8 Å². The molecule has 1 aromatic rings. The molecule has 146 valence electrons. The summed E-state index contributed by atoms with van der Waals surface area (Å²) in [5.74, 6) is 0.301. The van der Waals surface area contributed by atoms with Crippen molar-refractivity contribution in [2.24, 2.45) is 5.92 Å². The number of carbonyl (C=O) groups excluding carboxylic acids is 1. The number of halogens is 3. The second-order valence-corrected chi connectivity index (χ2v) is 7.26. The molecule has 1 aromatic carbocycles. The summed E-state index contributed by atoms with van der Waals surface area (Å²) in [6.45, 7) is 7.02. The predicted octanol–water partition coefficient (Wildman–Crippen LogP) is 4.61. The van der Waals surface area contributed by atoms with Crippen LogP contribution in [0.1, 0.15) is 33.6 Å². The van der Waals surface area contributed by atoms with E-state index in [0.717, 1.165) is 12.8 Å². The van der Waals surface area contributed by atoms with E-state index in [-0.39, 0.29) is 17.8 Å². The monoisotopic (exact) mass is 375 g/mol. The SMILES string of the molecule is CC(C)(C)OC(=O)N1CCC[C@@H](COc2ccc(OC(F)(F)F)cc2)C1. The van der Waals surface area contributed by atoms with Crippen LogP contribution < -0.4 is 9.47 Å². The number of ether oxygens (including phenoxy) is 3. The van der Waals surface area contributed by atoms with Crippen LogP contribution in [-0.2, 0) is 4.74 Å². The summed E-state index contributed by atoms with van der Waals surface area (Å²) >= 11 is 0. The Kier molecular flexibility index (Phi) is 6.26. The normalized spacial score (nSPS) is 18.4. The third-order valence-electron chi connectivity index (χ3n) is 3.71. The molecule has 0 unspecified atom stereocenters. The molecule has 1 heterocycles. The number of piperidine rings is 1. The van der Waals surface area contributed by atoms with Gasteiger partial charge in [0.1, 0.15) is 17.1 Å². The zero-order valence-electron chi connectivity index (χ0n) is 15.1.